The third kappa shape index (κ3) is 9.55. The van der Waals surface area contributed by atoms with Gasteiger partial charge in [-0.05, 0) is 30.9 Å². The van der Waals surface area contributed by atoms with Crippen LogP contribution in [0.25, 0.3) is 0 Å². The van der Waals surface area contributed by atoms with Gasteiger partial charge in [0.15, 0.2) is 0 Å². The van der Waals surface area contributed by atoms with E-state index < -0.39 is 24.2 Å². The molecular formula is C23H33F3N4O5. The van der Waals surface area contributed by atoms with Gasteiger partial charge in [-0.2, -0.15) is 13.2 Å². The molecule has 3 atom stereocenters. The lowest BCUT2D eigenvalue weighted by Crippen LogP contribution is -2.56. The number of amides is 3. The average molecular weight is 503 g/mol. The van der Waals surface area contributed by atoms with E-state index in [4.69, 9.17) is 9.90 Å². The van der Waals surface area contributed by atoms with Crippen LogP contribution in [0.1, 0.15) is 49.9 Å². The lowest BCUT2D eigenvalue weighted by molar-refractivity contribution is -0.367. The van der Waals surface area contributed by atoms with Crippen LogP contribution >= 0.6 is 0 Å². The number of nitrogens with one attached hydrogen (secondary N) is 2. The molecule has 1 saturated heterocycles. The van der Waals surface area contributed by atoms with Gasteiger partial charge in [-0.15, -0.1) is 0 Å². The lowest BCUT2D eigenvalue weighted by atomic mass is 9.97. The number of nitrogens with zero attached hydrogens (tertiary/aromatic N) is 1. The fourth-order valence-corrected chi connectivity index (χ4v) is 3.43. The van der Waals surface area contributed by atoms with Crippen molar-refractivity contribution in [3.8, 4) is 0 Å². The number of hydrogen-bond acceptors (Lipinski definition) is 5. The molecule has 1 aromatic carbocycles. The second-order valence-corrected chi connectivity index (χ2v) is 8.18. The number of halogens is 3. The van der Waals surface area contributed by atoms with Crippen molar-refractivity contribution in [2.24, 2.45) is 5.92 Å². The zero-order chi connectivity index (χ0) is 26.6. The van der Waals surface area contributed by atoms with Gasteiger partial charge in [-0.1, -0.05) is 38.5 Å². The number of benzene rings is 1. The van der Waals surface area contributed by atoms with E-state index in [-0.39, 0.29) is 23.6 Å². The van der Waals surface area contributed by atoms with E-state index in [0.29, 0.717) is 25.1 Å². The number of aliphatic carboxylic acids is 1. The summed E-state index contributed by atoms with van der Waals surface area (Å²) in [4.78, 5) is 48.8. The maximum absolute atomic E-state index is 13.3. The monoisotopic (exact) mass is 502 g/mol. The molecule has 0 aromatic heterocycles. The highest BCUT2D eigenvalue weighted by Gasteiger charge is 2.39. The summed E-state index contributed by atoms with van der Waals surface area (Å²) in [5.74, 6) is -3.59. The third-order valence-corrected chi connectivity index (χ3v) is 5.60. The van der Waals surface area contributed by atoms with E-state index >= 15 is 0 Å². The largest absolute Gasteiger partial charge is 0.542 e. The van der Waals surface area contributed by atoms with E-state index in [0.717, 1.165) is 25.8 Å². The van der Waals surface area contributed by atoms with Crippen LogP contribution in [0.15, 0.2) is 30.3 Å². The van der Waals surface area contributed by atoms with Gasteiger partial charge >= 0.3 is 6.18 Å². The summed E-state index contributed by atoms with van der Waals surface area (Å²) in [7, 11) is 0. The Balaban J connectivity index is 0.000000762. The van der Waals surface area contributed by atoms with Crippen LogP contribution in [0.4, 0.5) is 13.2 Å². The van der Waals surface area contributed by atoms with Crippen molar-refractivity contribution in [2.75, 3.05) is 19.6 Å². The molecule has 5 N–H and O–H groups in total. The standard InChI is InChI=1S/C21H32N4O3.C2HF3O2/c1-3-15(2)18(24-19(26)16-9-5-4-6-10-16)21(28)25-14-7-11-17(25)20(27)23-13-8-12-22;3-2(4,5)1(6)7/h4-6,9-10,15,17-18H,3,7-8,11-14,22H2,1-2H3,(H,23,27)(H,24,26);(H,6,7)/t15-,17-,18-;/m0./s1. The van der Waals surface area contributed by atoms with E-state index in [1.807, 2.05) is 19.9 Å². The van der Waals surface area contributed by atoms with E-state index in [1.165, 1.54) is 0 Å². The van der Waals surface area contributed by atoms with Crippen LogP contribution in [0.3, 0.4) is 0 Å². The summed E-state index contributed by atoms with van der Waals surface area (Å²) in [6.07, 6.45) is -2.18. The summed E-state index contributed by atoms with van der Waals surface area (Å²) in [6.45, 7) is 5.82. The second kappa shape index (κ2) is 14.3. The van der Waals surface area contributed by atoms with Gasteiger partial charge in [0, 0.05) is 25.1 Å². The van der Waals surface area contributed by atoms with E-state index in [9.17, 15) is 27.6 Å². The molecular weight excluding hydrogens is 469 g/mol. The molecule has 12 heteroatoms. The number of alkyl halides is 3. The van der Waals surface area contributed by atoms with Gasteiger partial charge in [0.1, 0.15) is 18.1 Å². The Morgan fingerprint density at radius 2 is 1.80 bits per heavy atom. The van der Waals surface area contributed by atoms with Crippen LogP contribution < -0.4 is 21.5 Å². The minimum atomic E-state index is -5.19. The molecule has 0 unspecified atom stereocenters. The van der Waals surface area contributed by atoms with Crippen LogP contribution in [0.5, 0.6) is 0 Å². The molecule has 0 bridgehead atoms. The molecule has 1 aliphatic heterocycles. The predicted molar refractivity (Wildman–Crippen MR) is 118 cm³/mol. The van der Waals surface area contributed by atoms with E-state index in [1.54, 1.807) is 29.2 Å². The van der Waals surface area contributed by atoms with Crippen molar-refractivity contribution in [1.29, 1.82) is 0 Å². The van der Waals surface area contributed by atoms with E-state index in [2.05, 4.69) is 16.4 Å². The SMILES string of the molecule is CC[C@H](C)[C@H](NC(=O)c1ccccc1)C(=O)N1CCC[C@H]1C(=O)NCCC[NH3+].O=C([O-])C(F)(F)F. The first-order valence-electron chi connectivity index (χ1n) is 11.5. The second-order valence-electron chi connectivity index (χ2n) is 8.18. The molecule has 0 saturated carbocycles. The fourth-order valence-electron chi connectivity index (χ4n) is 3.43. The Morgan fingerprint density at radius 3 is 2.31 bits per heavy atom. The van der Waals surface area contributed by atoms with Gasteiger partial charge in [0.05, 0.1) is 6.54 Å². The molecule has 0 radical (unpaired) electrons. The zero-order valence-electron chi connectivity index (χ0n) is 19.9. The molecule has 2 rings (SSSR count). The number of quaternary nitrogens is 1. The number of hydrogen-bond donors (Lipinski definition) is 3. The van der Waals surface area contributed by atoms with Gasteiger partial charge in [0.2, 0.25) is 11.8 Å². The predicted octanol–water partition coefficient (Wildman–Crippen LogP) is -0.131. The van der Waals surface area contributed by atoms with Crippen molar-refractivity contribution in [3.63, 3.8) is 0 Å². The first kappa shape index (κ1) is 29.9. The minimum Gasteiger partial charge on any atom is -0.542 e. The number of carboxylic acid groups (broad SMARTS) is 1. The van der Waals surface area contributed by atoms with Gasteiger partial charge in [0.25, 0.3) is 5.91 Å². The minimum absolute atomic E-state index is 0.0318. The zero-order valence-corrected chi connectivity index (χ0v) is 19.9. The first-order chi connectivity index (χ1) is 16.4. The summed E-state index contributed by atoms with van der Waals surface area (Å²) in [5.41, 5.74) is 4.29. The summed E-state index contributed by atoms with van der Waals surface area (Å²) in [6, 6.07) is 7.77. The van der Waals surface area contributed by atoms with Crippen LogP contribution in [-0.4, -0.2) is 66.5 Å². The average Bonchev–Trinajstić information content (AvgIpc) is 3.32. The first-order valence-corrected chi connectivity index (χ1v) is 11.5. The third-order valence-electron chi connectivity index (χ3n) is 5.60. The Kier molecular flexibility index (Phi) is 12.2. The molecule has 1 aliphatic rings. The Bertz CT molecular complexity index is 851. The van der Waals surface area contributed by atoms with Gasteiger partial charge < -0.3 is 31.2 Å². The Labute approximate surface area is 202 Å². The molecule has 0 spiro atoms. The van der Waals surface area contributed by atoms with Crippen molar-refractivity contribution >= 4 is 23.7 Å². The molecule has 1 fully saturated rings. The Hall–Kier alpha value is -3.15. The highest BCUT2D eigenvalue weighted by molar-refractivity contribution is 5.98. The van der Waals surface area contributed by atoms with Crippen molar-refractivity contribution in [3.05, 3.63) is 35.9 Å². The molecule has 1 aromatic rings. The number of carboxylic acids is 1. The highest BCUT2D eigenvalue weighted by Crippen LogP contribution is 2.21. The number of carbonyl (C=O) groups is 4. The van der Waals surface area contributed by atoms with Crippen molar-refractivity contribution in [2.45, 2.75) is 57.8 Å². The summed E-state index contributed by atoms with van der Waals surface area (Å²) >= 11 is 0. The number of likely N-dealkylation sites (tertiary alicyclic amines) is 1. The van der Waals surface area contributed by atoms with Crippen molar-refractivity contribution < 1.29 is 43.2 Å². The molecule has 3 amide bonds. The normalized spacial score (nSPS) is 17.0. The van der Waals surface area contributed by atoms with Gasteiger partial charge in [-0.25, -0.2) is 0 Å². The molecule has 0 aliphatic carbocycles. The maximum Gasteiger partial charge on any atom is 0.430 e. The summed E-state index contributed by atoms with van der Waals surface area (Å²) < 4.78 is 31.5. The molecule has 196 valence electrons. The Morgan fingerprint density at radius 1 is 1.20 bits per heavy atom. The van der Waals surface area contributed by atoms with Gasteiger partial charge in [-0.3, -0.25) is 14.4 Å². The molecule has 1 heterocycles. The van der Waals surface area contributed by atoms with Crippen LogP contribution in [0.2, 0.25) is 0 Å². The smallest absolute Gasteiger partial charge is 0.430 e. The number of rotatable bonds is 9. The van der Waals surface area contributed by atoms with Crippen LogP contribution in [-0.2, 0) is 14.4 Å². The quantitative estimate of drug-likeness (QED) is 0.403. The fraction of sp³-hybridized carbons (Fsp3) is 0.565. The molecule has 35 heavy (non-hydrogen) atoms. The number of carbonyl (C=O) groups excluding carboxylic acids is 4. The van der Waals surface area contributed by atoms with Crippen LogP contribution in [0, 0.1) is 5.92 Å². The maximum atomic E-state index is 13.3. The highest BCUT2D eigenvalue weighted by atomic mass is 19.4. The lowest BCUT2D eigenvalue weighted by Gasteiger charge is -2.31. The topological polar surface area (TPSA) is 146 Å². The van der Waals surface area contributed by atoms with Crippen molar-refractivity contribution in [1.82, 2.24) is 15.5 Å². The molecule has 9 nitrogen and oxygen atoms in total. The summed E-state index contributed by atoms with van der Waals surface area (Å²) in [5, 5.41) is 14.6.